The number of hydrogen-bond donors (Lipinski definition) is 0. The van der Waals surface area contributed by atoms with E-state index in [9.17, 15) is 23.3 Å². The van der Waals surface area contributed by atoms with Gasteiger partial charge in [-0.3, -0.25) is 10.1 Å². The number of non-ortho nitro benzene ring substituents is 1. The molecule has 0 aliphatic carbocycles. The lowest BCUT2D eigenvalue weighted by molar-refractivity contribution is -0.384. The monoisotopic (exact) mass is 247 g/mol. The van der Waals surface area contributed by atoms with Crippen molar-refractivity contribution in [3.63, 3.8) is 0 Å². The molecule has 0 atom stereocenters. The van der Waals surface area contributed by atoms with Crippen LogP contribution in [0, 0.1) is 10.1 Å². The summed E-state index contributed by atoms with van der Waals surface area (Å²) in [6.07, 6.45) is -3.82. The molecule has 0 heterocycles. The van der Waals surface area contributed by atoms with Crippen molar-refractivity contribution in [2.24, 2.45) is 0 Å². The molecule has 1 rings (SSSR count). The second-order valence-electron chi connectivity index (χ2n) is 3.06. The molecule has 0 amide bonds. The van der Waals surface area contributed by atoms with Crippen LogP contribution in [0.2, 0.25) is 0 Å². The molecule has 0 spiro atoms. The Morgan fingerprint density at radius 1 is 1.35 bits per heavy atom. The minimum absolute atomic E-state index is 0.171. The standard InChI is InChI=1S/C10H8F3NO3/c1-17-9(10(11,12)13)6-7-2-4-8(5-3-7)14(15)16/h2-6H,1H3/b9-6+. The van der Waals surface area contributed by atoms with Gasteiger partial charge in [0.1, 0.15) is 0 Å². The zero-order valence-electron chi connectivity index (χ0n) is 8.69. The molecule has 0 N–H and O–H groups in total. The van der Waals surface area contributed by atoms with E-state index in [-0.39, 0.29) is 11.3 Å². The summed E-state index contributed by atoms with van der Waals surface area (Å²) in [5.41, 5.74) is -0.0158. The number of halogens is 3. The Morgan fingerprint density at radius 2 is 1.88 bits per heavy atom. The summed E-state index contributed by atoms with van der Waals surface area (Å²) >= 11 is 0. The molecule has 7 heteroatoms. The van der Waals surface area contributed by atoms with Crippen molar-refractivity contribution in [2.45, 2.75) is 6.18 Å². The fraction of sp³-hybridized carbons (Fsp3) is 0.200. The summed E-state index contributed by atoms with van der Waals surface area (Å²) in [7, 11) is 0.907. The molecule has 4 nitrogen and oxygen atoms in total. The molecular weight excluding hydrogens is 239 g/mol. The quantitative estimate of drug-likeness (QED) is 0.468. The van der Waals surface area contributed by atoms with E-state index in [0.717, 1.165) is 25.3 Å². The second-order valence-corrected chi connectivity index (χ2v) is 3.06. The van der Waals surface area contributed by atoms with E-state index in [1.807, 2.05) is 0 Å². The number of allylic oxidation sites excluding steroid dienone is 1. The van der Waals surface area contributed by atoms with Gasteiger partial charge in [-0.15, -0.1) is 0 Å². The summed E-state index contributed by atoms with van der Waals surface area (Å²) in [4.78, 5) is 9.70. The maximum atomic E-state index is 12.3. The van der Waals surface area contributed by atoms with Gasteiger partial charge in [-0.05, 0) is 23.8 Å². The van der Waals surface area contributed by atoms with Crippen LogP contribution in [0.25, 0.3) is 6.08 Å². The van der Waals surface area contributed by atoms with E-state index >= 15 is 0 Å². The number of hydrogen-bond acceptors (Lipinski definition) is 3. The molecule has 1 aromatic rings. The van der Waals surface area contributed by atoms with Crippen LogP contribution in [0.1, 0.15) is 5.56 Å². The van der Waals surface area contributed by atoms with Crippen molar-refractivity contribution in [1.82, 2.24) is 0 Å². The van der Waals surface area contributed by atoms with Crippen molar-refractivity contribution in [2.75, 3.05) is 7.11 Å². The lowest BCUT2D eigenvalue weighted by Crippen LogP contribution is -2.13. The highest BCUT2D eigenvalue weighted by Gasteiger charge is 2.35. The number of nitro benzene ring substituents is 1. The third-order valence-corrected chi connectivity index (χ3v) is 1.90. The first-order chi connectivity index (χ1) is 7.84. The Morgan fingerprint density at radius 3 is 2.24 bits per heavy atom. The molecule has 1 aromatic carbocycles. The molecule has 0 aliphatic heterocycles. The highest BCUT2D eigenvalue weighted by Crippen LogP contribution is 2.28. The minimum atomic E-state index is -4.59. The zero-order chi connectivity index (χ0) is 13.1. The summed E-state index contributed by atoms with van der Waals surface area (Å²) in [5.74, 6) is -1.16. The molecular formula is C10H8F3NO3. The van der Waals surface area contributed by atoms with Gasteiger partial charge >= 0.3 is 6.18 Å². The number of ether oxygens (including phenoxy) is 1. The van der Waals surface area contributed by atoms with E-state index in [0.29, 0.717) is 0 Å². The van der Waals surface area contributed by atoms with Gasteiger partial charge in [-0.25, -0.2) is 0 Å². The van der Waals surface area contributed by atoms with Crippen LogP contribution in [0.5, 0.6) is 0 Å². The zero-order valence-corrected chi connectivity index (χ0v) is 8.69. The molecule has 0 radical (unpaired) electrons. The van der Waals surface area contributed by atoms with Crippen molar-refractivity contribution in [1.29, 1.82) is 0 Å². The number of alkyl halides is 3. The smallest absolute Gasteiger partial charge is 0.448 e. The molecule has 0 saturated heterocycles. The van der Waals surface area contributed by atoms with Crippen LogP contribution in [0.4, 0.5) is 18.9 Å². The first kappa shape index (κ1) is 13.0. The van der Waals surface area contributed by atoms with Crippen molar-refractivity contribution >= 4 is 11.8 Å². The largest absolute Gasteiger partial charge is 0.492 e. The van der Waals surface area contributed by atoms with Crippen molar-refractivity contribution in [3.8, 4) is 0 Å². The van der Waals surface area contributed by atoms with Crippen LogP contribution in [-0.4, -0.2) is 18.2 Å². The van der Waals surface area contributed by atoms with Gasteiger partial charge in [-0.1, -0.05) is 0 Å². The summed E-state index contributed by atoms with van der Waals surface area (Å²) in [6, 6.07) is 4.66. The lowest BCUT2D eigenvalue weighted by atomic mass is 10.2. The van der Waals surface area contributed by atoms with Crippen molar-refractivity contribution in [3.05, 3.63) is 45.7 Å². The molecule has 0 unspecified atom stereocenters. The predicted octanol–water partition coefficient (Wildman–Crippen LogP) is 3.14. The van der Waals surface area contributed by atoms with Gasteiger partial charge < -0.3 is 4.74 Å². The molecule has 0 aliphatic rings. The summed E-state index contributed by atoms with van der Waals surface area (Å²) < 4.78 is 41.1. The third kappa shape index (κ3) is 3.47. The highest BCUT2D eigenvalue weighted by atomic mass is 19.4. The fourth-order valence-electron chi connectivity index (χ4n) is 1.10. The average molecular weight is 247 g/mol. The van der Waals surface area contributed by atoms with Gasteiger partial charge in [0.25, 0.3) is 5.69 Å². The van der Waals surface area contributed by atoms with E-state index in [1.54, 1.807) is 0 Å². The Labute approximate surface area is 94.5 Å². The van der Waals surface area contributed by atoms with Crippen LogP contribution < -0.4 is 0 Å². The minimum Gasteiger partial charge on any atom is -0.492 e. The first-order valence-electron chi connectivity index (χ1n) is 4.42. The van der Waals surface area contributed by atoms with E-state index in [4.69, 9.17) is 0 Å². The van der Waals surface area contributed by atoms with E-state index in [1.165, 1.54) is 12.1 Å². The Bertz CT molecular complexity index is 437. The molecule has 0 fully saturated rings. The van der Waals surface area contributed by atoms with Gasteiger partial charge in [-0.2, -0.15) is 13.2 Å². The predicted molar refractivity (Wildman–Crippen MR) is 54.1 cm³/mol. The van der Waals surface area contributed by atoms with Gasteiger partial charge in [0, 0.05) is 12.1 Å². The third-order valence-electron chi connectivity index (χ3n) is 1.90. The number of benzene rings is 1. The highest BCUT2D eigenvalue weighted by molar-refractivity contribution is 5.54. The fourth-order valence-corrected chi connectivity index (χ4v) is 1.10. The van der Waals surface area contributed by atoms with Crippen LogP contribution >= 0.6 is 0 Å². The van der Waals surface area contributed by atoms with Gasteiger partial charge in [0.15, 0.2) is 0 Å². The Kier molecular flexibility index (Phi) is 3.72. The van der Waals surface area contributed by atoms with Gasteiger partial charge in [0.2, 0.25) is 5.76 Å². The SMILES string of the molecule is CO/C(=C/c1ccc([N+](=O)[O-])cc1)C(F)(F)F. The topological polar surface area (TPSA) is 52.4 Å². The second kappa shape index (κ2) is 4.86. The summed E-state index contributed by atoms with van der Waals surface area (Å²) in [5, 5.41) is 10.3. The average Bonchev–Trinajstić information content (AvgIpc) is 2.24. The molecule has 0 bridgehead atoms. The van der Waals surface area contributed by atoms with Crippen LogP contribution in [0.3, 0.4) is 0 Å². The lowest BCUT2D eigenvalue weighted by Gasteiger charge is -2.09. The molecule has 0 aromatic heterocycles. The maximum Gasteiger partial charge on any atom is 0.448 e. The molecule has 92 valence electrons. The van der Waals surface area contributed by atoms with E-state index < -0.39 is 16.9 Å². The normalized spacial score (nSPS) is 12.4. The van der Waals surface area contributed by atoms with Crippen molar-refractivity contribution < 1.29 is 22.8 Å². The number of methoxy groups -OCH3 is 1. The van der Waals surface area contributed by atoms with Crippen LogP contribution in [0.15, 0.2) is 30.0 Å². The first-order valence-corrected chi connectivity index (χ1v) is 4.42. The Hall–Kier alpha value is -2.05. The number of nitrogens with zero attached hydrogens (tertiary/aromatic N) is 1. The number of rotatable bonds is 3. The van der Waals surface area contributed by atoms with Gasteiger partial charge in [0.05, 0.1) is 12.0 Å². The Balaban J connectivity index is 3.01. The maximum absolute atomic E-state index is 12.3. The van der Waals surface area contributed by atoms with E-state index in [2.05, 4.69) is 4.74 Å². The molecule has 17 heavy (non-hydrogen) atoms. The number of nitro groups is 1. The van der Waals surface area contributed by atoms with Crippen LogP contribution in [-0.2, 0) is 4.74 Å². The summed E-state index contributed by atoms with van der Waals surface area (Å²) in [6.45, 7) is 0. The molecule has 0 saturated carbocycles.